The number of rotatable bonds is 11. The highest BCUT2D eigenvalue weighted by atomic mass is 16.5. The number of nitrogens with zero attached hydrogens (tertiary/aromatic N) is 5. The van der Waals surface area contributed by atoms with Gasteiger partial charge in [-0.15, -0.1) is 0 Å². The summed E-state index contributed by atoms with van der Waals surface area (Å²) in [4.78, 5) is 35.2. The van der Waals surface area contributed by atoms with Crippen molar-refractivity contribution >= 4 is 22.9 Å². The van der Waals surface area contributed by atoms with Crippen molar-refractivity contribution in [2.75, 3.05) is 18.8 Å². The number of ether oxygens (including phenoxy) is 1. The standard InChI is InChI=1S/C31H36N8O3/c1-6-37-31(4,5)16-21(17-32)28(40)34-18-30(2,3)19-38-27-25(26(33)35-20-36-27)39(29(38)41)22-12-14-24(15-13-22)42-23-10-8-7-9-11-23/h7-16,20,37H,6,18-19H2,1-5H3,(H,34,40)(H2,33,35,36). The first kappa shape index (κ1) is 30.0. The Kier molecular flexibility index (Phi) is 8.78. The molecule has 2 aromatic heterocycles. The van der Waals surface area contributed by atoms with E-state index in [-0.39, 0.29) is 30.2 Å². The summed E-state index contributed by atoms with van der Waals surface area (Å²) in [6, 6.07) is 18.5. The average molecular weight is 569 g/mol. The lowest BCUT2D eigenvalue weighted by molar-refractivity contribution is -0.117. The number of aromatic nitrogens is 4. The number of benzene rings is 2. The maximum Gasteiger partial charge on any atom is 0.335 e. The van der Waals surface area contributed by atoms with Crippen molar-refractivity contribution in [1.29, 1.82) is 5.26 Å². The Bertz CT molecular complexity index is 1690. The molecule has 2 heterocycles. The molecule has 0 aliphatic rings. The van der Waals surface area contributed by atoms with Gasteiger partial charge < -0.3 is 21.1 Å². The van der Waals surface area contributed by atoms with Gasteiger partial charge in [0, 0.05) is 24.0 Å². The summed E-state index contributed by atoms with van der Waals surface area (Å²) in [5.41, 5.74) is 6.14. The van der Waals surface area contributed by atoms with Gasteiger partial charge in [0.1, 0.15) is 35.0 Å². The zero-order valence-electron chi connectivity index (χ0n) is 24.5. The van der Waals surface area contributed by atoms with Crippen LogP contribution in [0.15, 0.2) is 77.4 Å². The molecule has 11 nitrogen and oxygen atoms in total. The van der Waals surface area contributed by atoms with Crippen LogP contribution in [0.5, 0.6) is 11.5 Å². The number of nitrogens with two attached hydrogens (primary N) is 1. The number of anilines is 1. The fourth-order valence-electron chi connectivity index (χ4n) is 4.69. The van der Waals surface area contributed by atoms with Crippen LogP contribution in [0.25, 0.3) is 16.9 Å². The fraction of sp³-hybridized carbons (Fsp3) is 0.323. The van der Waals surface area contributed by atoms with E-state index in [1.54, 1.807) is 30.3 Å². The number of para-hydroxylation sites is 1. The van der Waals surface area contributed by atoms with Crippen molar-refractivity contribution in [3.63, 3.8) is 0 Å². The van der Waals surface area contributed by atoms with E-state index in [0.717, 1.165) is 0 Å². The van der Waals surface area contributed by atoms with E-state index in [1.165, 1.54) is 15.5 Å². The molecule has 0 aliphatic carbocycles. The highest BCUT2D eigenvalue weighted by molar-refractivity contribution is 5.97. The third kappa shape index (κ3) is 6.85. The number of nitrogens with one attached hydrogen (secondary N) is 2. The van der Waals surface area contributed by atoms with Gasteiger partial charge in [0.15, 0.2) is 11.5 Å². The molecule has 2 aromatic carbocycles. The zero-order chi connectivity index (χ0) is 30.5. The smallest absolute Gasteiger partial charge is 0.335 e. The summed E-state index contributed by atoms with van der Waals surface area (Å²) in [7, 11) is 0. The van der Waals surface area contributed by atoms with E-state index in [4.69, 9.17) is 10.5 Å². The molecule has 4 aromatic rings. The van der Waals surface area contributed by atoms with Crippen molar-refractivity contribution in [3.8, 4) is 23.3 Å². The van der Waals surface area contributed by atoms with Crippen LogP contribution in [0.2, 0.25) is 0 Å². The van der Waals surface area contributed by atoms with Gasteiger partial charge in [0.05, 0.1) is 5.69 Å². The van der Waals surface area contributed by atoms with E-state index >= 15 is 0 Å². The number of hydrogen-bond donors (Lipinski definition) is 3. The van der Waals surface area contributed by atoms with Crippen LogP contribution in [0.4, 0.5) is 5.82 Å². The fourth-order valence-corrected chi connectivity index (χ4v) is 4.69. The Labute approximate surface area is 244 Å². The van der Waals surface area contributed by atoms with Crippen LogP contribution in [-0.4, -0.2) is 43.6 Å². The molecule has 0 bridgehead atoms. The van der Waals surface area contributed by atoms with E-state index < -0.39 is 16.9 Å². The second-order valence-electron chi connectivity index (χ2n) is 11.3. The van der Waals surface area contributed by atoms with Crippen LogP contribution in [0, 0.1) is 16.7 Å². The first-order chi connectivity index (χ1) is 19.9. The van der Waals surface area contributed by atoms with Gasteiger partial charge in [0.25, 0.3) is 5.91 Å². The molecule has 0 saturated heterocycles. The molecule has 0 fully saturated rings. The third-order valence-corrected chi connectivity index (χ3v) is 6.62. The number of imidazole rings is 1. The molecule has 4 rings (SSSR count). The van der Waals surface area contributed by atoms with Crippen molar-refractivity contribution in [2.45, 2.75) is 46.7 Å². The van der Waals surface area contributed by atoms with Gasteiger partial charge in [-0.1, -0.05) is 39.0 Å². The van der Waals surface area contributed by atoms with Gasteiger partial charge in [-0.2, -0.15) is 5.26 Å². The Balaban J connectivity index is 1.60. The maximum atomic E-state index is 13.8. The number of fused-ring (bicyclic) bond motifs is 1. The number of amides is 1. The predicted molar refractivity (Wildman–Crippen MR) is 162 cm³/mol. The van der Waals surface area contributed by atoms with Crippen LogP contribution in [0.1, 0.15) is 34.6 Å². The molecular formula is C31H36N8O3. The molecule has 0 atom stereocenters. The number of hydrogen-bond acceptors (Lipinski definition) is 8. The lowest BCUT2D eigenvalue weighted by Gasteiger charge is -2.26. The first-order valence-corrected chi connectivity index (χ1v) is 13.7. The van der Waals surface area contributed by atoms with Crippen molar-refractivity contribution in [3.05, 3.63) is 83.1 Å². The summed E-state index contributed by atoms with van der Waals surface area (Å²) >= 11 is 0. The molecule has 0 unspecified atom stereocenters. The van der Waals surface area contributed by atoms with E-state index in [0.29, 0.717) is 34.9 Å². The van der Waals surface area contributed by atoms with Crippen molar-refractivity contribution in [1.82, 2.24) is 29.7 Å². The molecular weight excluding hydrogens is 532 g/mol. The van der Waals surface area contributed by atoms with Gasteiger partial charge in [-0.05, 0) is 62.9 Å². The number of likely N-dealkylation sites (N-methyl/N-ethyl adjacent to an activating group) is 1. The molecule has 0 aliphatic heterocycles. The van der Waals surface area contributed by atoms with E-state index in [9.17, 15) is 14.9 Å². The van der Waals surface area contributed by atoms with E-state index in [1.807, 2.05) is 71.0 Å². The van der Waals surface area contributed by atoms with Crippen LogP contribution < -0.4 is 26.8 Å². The third-order valence-electron chi connectivity index (χ3n) is 6.62. The summed E-state index contributed by atoms with van der Waals surface area (Å²) < 4.78 is 8.90. The molecule has 0 spiro atoms. The molecule has 0 saturated carbocycles. The second-order valence-corrected chi connectivity index (χ2v) is 11.3. The second kappa shape index (κ2) is 12.3. The quantitative estimate of drug-likeness (QED) is 0.182. The molecule has 218 valence electrons. The highest BCUT2D eigenvalue weighted by Gasteiger charge is 2.27. The Morgan fingerprint density at radius 2 is 1.74 bits per heavy atom. The molecule has 0 radical (unpaired) electrons. The largest absolute Gasteiger partial charge is 0.457 e. The summed E-state index contributed by atoms with van der Waals surface area (Å²) in [5.74, 6) is 1.00. The summed E-state index contributed by atoms with van der Waals surface area (Å²) in [6.07, 6.45) is 2.94. The SMILES string of the molecule is CCNC(C)(C)C=C(C#N)C(=O)NCC(C)(C)Cn1c(=O)n(-c2ccc(Oc3ccccc3)cc2)c2c(N)ncnc21. The summed E-state index contributed by atoms with van der Waals surface area (Å²) in [5, 5.41) is 15.7. The molecule has 11 heteroatoms. The average Bonchev–Trinajstić information content (AvgIpc) is 3.23. The van der Waals surface area contributed by atoms with Crippen molar-refractivity contribution in [2.24, 2.45) is 5.41 Å². The minimum absolute atomic E-state index is 0.0192. The van der Waals surface area contributed by atoms with Crippen LogP contribution >= 0.6 is 0 Å². The maximum absolute atomic E-state index is 13.8. The normalized spacial score (nSPS) is 12.2. The Morgan fingerprint density at radius 3 is 2.38 bits per heavy atom. The summed E-state index contributed by atoms with van der Waals surface area (Å²) in [6.45, 7) is 10.7. The molecule has 4 N–H and O–H groups in total. The zero-order valence-corrected chi connectivity index (χ0v) is 24.5. The minimum Gasteiger partial charge on any atom is -0.457 e. The number of carbonyl (C=O) groups excluding carboxylic acids is 1. The lowest BCUT2D eigenvalue weighted by atomic mass is 9.93. The lowest BCUT2D eigenvalue weighted by Crippen LogP contribution is -2.41. The number of carbonyl (C=O) groups is 1. The van der Waals surface area contributed by atoms with Crippen LogP contribution in [-0.2, 0) is 11.3 Å². The minimum atomic E-state index is -0.594. The number of nitriles is 1. The van der Waals surface area contributed by atoms with Gasteiger partial charge in [-0.3, -0.25) is 13.9 Å². The Hall–Kier alpha value is -4.95. The van der Waals surface area contributed by atoms with Gasteiger partial charge in [0.2, 0.25) is 0 Å². The predicted octanol–water partition coefficient (Wildman–Crippen LogP) is 3.94. The first-order valence-electron chi connectivity index (χ1n) is 13.7. The van der Waals surface area contributed by atoms with E-state index in [2.05, 4.69) is 20.6 Å². The van der Waals surface area contributed by atoms with Gasteiger partial charge >= 0.3 is 5.69 Å². The highest BCUT2D eigenvalue weighted by Crippen LogP contribution is 2.26. The molecule has 1 amide bonds. The van der Waals surface area contributed by atoms with Crippen LogP contribution in [0.3, 0.4) is 0 Å². The number of nitrogen functional groups attached to an aromatic ring is 1. The molecule has 42 heavy (non-hydrogen) atoms. The monoisotopic (exact) mass is 568 g/mol. The topological polar surface area (TPSA) is 153 Å². The Morgan fingerprint density at radius 1 is 1.07 bits per heavy atom. The van der Waals surface area contributed by atoms with Crippen molar-refractivity contribution < 1.29 is 9.53 Å². The van der Waals surface area contributed by atoms with Gasteiger partial charge in [-0.25, -0.2) is 14.8 Å².